The van der Waals surface area contributed by atoms with Crippen molar-refractivity contribution in [1.29, 1.82) is 0 Å². The van der Waals surface area contributed by atoms with Crippen molar-refractivity contribution < 1.29 is 37.9 Å². The second kappa shape index (κ2) is 28.9. The highest BCUT2D eigenvalue weighted by Gasteiger charge is 2.22. The van der Waals surface area contributed by atoms with Crippen molar-refractivity contribution in [3.8, 4) is 0 Å². The molecule has 0 aromatic rings. The maximum atomic E-state index is 12.2. The highest BCUT2D eigenvalue weighted by molar-refractivity contribution is 7.46. The minimum Gasteiger partial charge on any atom is -0.462 e. The summed E-state index contributed by atoms with van der Waals surface area (Å²) in [5.41, 5.74) is 0. The summed E-state index contributed by atoms with van der Waals surface area (Å²) < 4.78 is 26.0. The maximum absolute atomic E-state index is 12.2. The number of phosphoric ester groups is 1. The Hall–Kier alpha value is -1.21. The topological polar surface area (TPSA) is 119 Å². The van der Waals surface area contributed by atoms with E-state index < -0.39 is 32.5 Å². The highest BCUT2D eigenvalue weighted by atomic mass is 31.2. The van der Waals surface area contributed by atoms with Crippen LogP contribution >= 0.6 is 7.82 Å². The number of phosphoric acid groups is 1. The van der Waals surface area contributed by atoms with Gasteiger partial charge in [-0.05, 0) is 38.5 Å². The lowest BCUT2D eigenvalue weighted by Crippen LogP contribution is -2.29. The van der Waals surface area contributed by atoms with Gasteiger partial charge in [0.2, 0.25) is 0 Å². The molecule has 0 radical (unpaired) electrons. The van der Waals surface area contributed by atoms with Crippen LogP contribution in [0.1, 0.15) is 162 Å². The Balaban J connectivity index is 3.82. The summed E-state index contributed by atoms with van der Waals surface area (Å²) in [4.78, 5) is 42.1. The van der Waals surface area contributed by atoms with Gasteiger partial charge in [0.05, 0.1) is 6.61 Å². The lowest BCUT2D eigenvalue weighted by atomic mass is 10.1. The number of ether oxygens (including phenoxy) is 2. The summed E-state index contributed by atoms with van der Waals surface area (Å²) in [7, 11) is -4.73. The first-order chi connectivity index (χ1) is 19.8. The predicted molar refractivity (Wildman–Crippen MR) is 166 cm³/mol. The van der Waals surface area contributed by atoms with Crippen LogP contribution in [-0.4, -0.2) is 41.0 Å². The van der Waals surface area contributed by atoms with Crippen molar-refractivity contribution in [2.45, 2.75) is 168 Å². The Kier molecular flexibility index (Phi) is 28.0. The van der Waals surface area contributed by atoms with Gasteiger partial charge in [-0.15, -0.1) is 0 Å². The van der Waals surface area contributed by atoms with Crippen molar-refractivity contribution in [1.82, 2.24) is 0 Å². The fourth-order valence-electron chi connectivity index (χ4n) is 4.54. The Morgan fingerprint density at radius 2 is 1.02 bits per heavy atom. The second-order valence-corrected chi connectivity index (χ2v) is 12.4. The first kappa shape index (κ1) is 39.8. The van der Waals surface area contributed by atoms with Gasteiger partial charge in [-0.3, -0.25) is 14.1 Å². The van der Waals surface area contributed by atoms with Crippen molar-refractivity contribution in [2.24, 2.45) is 0 Å². The van der Waals surface area contributed by atoms with E-state index in [1.54, 1.807) is 0 Å². The Labute approximate surface area is 250 Å². The molecule has 0 spiro atoms. The molecule has 0 aliphatic heterocycles. The third kappa shape index (κ3) is 31.6. The smallest absolute Gasteiger partial charge is 0.462 e. The second-order valence-electron chi connectivity index (χ2n) is 11.1. The lowest BCUT2D eigenvalue weighted by Gasteiger charge is -2.18. The van der Waals surface area contributed by atoms with Crippen molar-refractivity contribution >= 4 is 19.8 Å². The molecule has 242 valence electrons. The van der Waals surface area contributed by atoms with Gasteiger partial charge >= 0.3 is 19.8 Å². The van der Waals surface area contributed by atoms with Crippen LogP contribution in [0.4, 0.5) is 0 Å². The molecule has 0 saturated carbocycles. The number of hydrogen-bond acceptors (Lipinski definition) is 6. The lowest BCUT2D eigenvalue weighted by molar-refractivity contribution is -0.161. The summed E-state index contributed by atoms with van der Waals surface area (Å²) in [6, 6.07) is 0. The number of hydrogen-bond donors (Lipinski definition) is 2. The van der Waals surface area contributed by atoms with E-state index in [-0.39, 0.29) is 19.4 Å². The van der Waals surface area contributed by atoms with Gasteiger partial charge in [0.1, 0.15) is 6.61 Å². The Morgan fingerprint density at radius 3 is 1.51 bits per heavy atom. The van der Waals surface area contributed by atoms with Crippen molar-refractivity contribution in [3.63, 3.8) is 0 Å². The summed E-state index contributed by atoms with van der Waals surface area (Å²) in [5, 5.41) is 0. The molecule has 0 heterocycles. The molecule has 0 saturated heterocycles. The largest absolute Gasteiger partial charge is 0.469 e. The molecule has 0 fully saturated rings. The Bertz CT molecular complexity index is 691. The zero-order valence-electron chi connectivity index (χ0n) is 26.2. The van der Waals surface area contributed by atoms with Gasteiger partial charge in [0.25, 0.3) is 0 Å². The van der Waals surface area contributed by atoms with Crippen LogP contribution in [0.2, 0.25) is 0 Å². The van der Waals surface area contributed by atoms with Gasteiger partial charge in [-0.1, -0.05) is 122 Å². The molecule has 0 bridgehead atoms. The molecule has 0 rings (SSSR count). The standard InChI is InChI=1S/C32H61O8P/c1-3-5-7-9-10-11-12-13-14-15-16-17-18-19-20-21-22-23-25-27-32(34)40-30(29-39-41(35,36)37)28-38-31(33)26-24-8-6-4-2/h13-14,30H,3-12,15-29H2,1-2H3,(H2,35,36,37)/b14-13-. The summed E-state index contributed by atoms with van der Waals surface area (Å²) in [5.74, 6) is -0.904. The molecule has 0 amide bonds. The fourth-order valence-corrected chi connectivity index (χ4v) is 4.90. The van der Waals surface area contributed by atoms with Crippen LogP contribution in [0.25, 0.3) is 0 Å². The van der Waals surface area contributed by atoms with Crippen LogP contribution in [0.15, 0.2) is 12.2 Å². The van der Waals surface area contributed by atoms with Crippen LogP contribution in [-0.2, 0) is 28.2 Å². The minimum absolute atomic E-state index is 0.212. The van der Waals surface area contributed by atoms with Crippen molar-refractivity contribution in [2.75, 3.05) is 13.2 Å². The number of unbranched alkanes of at least 4 members (excludes halogenated alkanes) is 18. The normalized spacial score (nSPS) is 12.6. The third-order valence-corrected chi connectivity index (χ3v) is 7.52. The van der Waals surface area contributed by atoms with E-state index in [0.29, 0.717) is 12.8 Å². The van der Waals surface area contributed by atoms with Crippen LogP contribution in [0, 0.1) is 0 Å². The molecular formula is C32H61O8P. The maximum Gasteiger partial charge on any atom is 0.469 e. The van der Waals surface area contributed by atoms with Gasteiger partial charge < -0.3 is 19.3 Å². The molecule has 0 aliphatic carbocycles. The van der Waals surface area contributed by atoms with Crippen molar-refractivity contribution in [3.05, 3.63) is 12.2 Å². The van der Waals surface area contributed by atoms with Crippen LogP contribution in [0.3, 0.4) is 0 Å². The van der Waals surface area contributed by atoms with E-state index in [1.807, 2.05) is 0 Å². The average molecular weight is 605 g/mol. The highest BCUT2D eigenvalue weighted by Crippen LogP contribution is 2.35. The van der Waals surface area contributed by atoms with Crippen LogP contribution in [0.5, 0.6) is 0 Å². The van der Waals surface area contributed by atoms with Crippen LogP contribution < -0.4 is 0 Å². The summed E-state index contributed by atoms with van der Waals surface area (Å²) in [6.07, 6.45) is 28.6. The predicted octanol–water partition coefficient (Wildman–Crippen LogP) is 9.12. The first-order valence-electron chi connectivity index (χ1n) is 16.5. The summed E-state index contributed by atoms with van der Waals surface area (Å²) >= 11 is 0. The molecule has 2 N–H and O–H groups in total. The SMILES string of the molecule is CCCCCCCC/C=C\CCCCCCCCCCCC(=O)OC(COC(=O)CCCCCC)COP(=O)(O)O. The van der Waals surface area contributed by atoms with Gasteiger partial charge in [-0.25, -0.2) is 4.57 Å². The number of esters is 2. The molecule has 0 aromatic heterocycles. The van der Waals surface area contributed by atoms with Gasteiger partial charge in [0.15, 0.2) is 6.10 Å². The van der Waals surface area contributed by atoms with E-state index in [1.165, 1.54) is 83.5 Å². The van der Waals surface area contributed by atoms with E-state index in [2.05, 4.69) is 30.5 Å². The molecule has 41 heavy (non-hydrogen) atoms. The zero-order valence-corrected chi connectivity index (χ0v) is 27.1. The van der Waals surface area contributed by atoms with Gasteiger partial charge in [0, 0.05) is 12.8 Å². The third-order valence-electron chi connectivity index (χ3n) is 7.03. The molecule has 8 nitrogen and oxygen atoms in total. The monoisotopic (exact) mass is 604 g/mol. The number of rotatable bonds is 30. The number of carbonyl (C=O) groups is 2. The first-order valence-corrected chi connectivity index (χ1v) is 18.0. The van der Waals surface area contributed by atoms with E-state index in [9.17, 15) is 14.2 Å². The minimum atomic E-state index is -4.73. The Morgan fingerprint density at radius 1 is 0.610 bits per heavy atom. The molecule has 0 aromatic carbocycles. The molecule has 1 atom stereocenters. The quantitative estimate of drug-likeness (QED) is 0.0360. The molecular weight excluding hydrogens is 543 g/mol. The molecule has 0 aliphatic rings. The number of allylic oxidation sites excluding steroid dienone is 2. The average Bonchev–Trinajstić information content (AvgIpc) is 2.93. The summed E-state index contributed by atoms with van der Waals surface area (Å²) in [6.45, 7) is 3.52. The van der Waals surface area contributed by atoms with E-state index in [0.717, 1.165) is 38.5 Å². The number of carbonyl (C=O) groups excluding carboxylic acids is 2. The van der Waals surface area contributed by atoms with E-state index >= 15 is 0 Å². The van der Waals surface area contributed by atoms with Gasteiger partial charge in [-0.2, -0.15) is 0 Å². The van der Waals surface area contributed by atoms with E-state index in [4.69, 9.17) is 19.3 Å². The zero-order chi connectivity index (χ0) is 30.4. The fraction of sp³-hybridized carbons (Fsp3) is 0.875. The molecule has 9 heteroatoms. The molecule has 1 unspecified atom stereocenters.